The lowest BCUT2D eigenvalue weighted by molar-refractivity contribution is 0.0909. The van der Waals surface area contributed by atoms with E-state index in [0.29, 0.717) is 5.41 Å². The zero-order valence-corrected chi connectivity index (χ0v) is 16.1. The Labute approximate surface area is 134 Å². The molecule has 2 unspecified atom stereocenters. The highest BCUT2D eigenvalue weighted by Crippen LogP contribution is 2.41. The lowest BCUT2D eigenvalue weighted by atomic mass is 9.69. The topological polar surface area (TPSA) is 20.2 Å². The minimum Gasteiger partial charge on any atom is -0.396 e. The first-order chi connectivity index (χ1) is 9.30. The molecule has 1 nitrogen and oxygen atoms in total. The summed E-state index contributed by atoms with van der Waals surface area (Å²) in [5.41, 5.74) is 0.766. The smallest absolute Gasteiger partial charge is 0.0484 e. The second-order valence-corrected chi connectivity index (χ2v) is 9.57. The molecule has 1 N–H and O–H groups in total. The van der Waals surface area contributed by atoms with Gasteiger partial charge in [-0.1, -0.05) is 74.5 Å². The van der Waals surface area contributed by atoms with Gasteiger partial charge in [0, 0.05) is 6.61 Å². The molecule has 0 heterocycles. The van der Waals surface area contributed by atoms with E-state index in [-0.39, 0.29) is 22.9 Å². The van der Waals surface area contributed by atoms with Crippen LogP contribution in [0.5, 0.6) is 0 Å². The minimum atomic E-state index is 0.0310. The molecule has 0 bridgehead atoms. The normalized spacial score (nSPS) is 19.5. The van der Waals surface area contributed by atoms with Crippen LogP contribution in [-0.4, -0.2) is 11.7 Å². The summed E-state index contributed by atoms with van der Waals surface area (Å²) in [6.45, 7) is 20.8. The first kappa shape index (κ1) is 20.7. The van der Waals surface area contributed by atoms with E-state index in [4.69, 9.17) is 0 Å². The molecule has 0 fully saturated rings. The maximum Gasteiger partial charge on any atom is 0.0484 e. The Morgan fingerprint density at radius 1 is 0.762 bits per heavy atom. The molecular weight excluding hydrogens is 256 g/mol. The molecule has 0 saturated heterocycles. The summed E-state index contributed by atoms with van der Waals surface area (Å²) in [4.78, 5) is 0. The fourth-order valence-corrected chi connectivity index (χ4v) is 3.42. The van der Waals surface area contributed by atoms with E-state index >= 15 is 0 Å². The summed E-state index contributed by atoms with van der Waals surface area (Å²) in [5.74, 6) is 0. The molecule has 21 heavy (non-hydrogen) atoms. The van der Waals surface area contributed by atoms with Crippen LogP contribution in [0.25, 0.3) is 0 Å². The van der Waals surface area contributed by atoms with Crippen LogP contribution in [0.3, 0.4) is 0 Å². The molecule has 0 spiro atoms. The second kappa shape index (κ2) is 7.31. The predicted molar refractivity (Wildman–Crippen MR) is 95.5 cm³/mol. The van der Waals surface area contributed by atoms with E-state index in [2.05, 4.69) is 74.5 Å². The van der Waals surface area contributed by atoms with Gasteiger partial charge in [-0.2, -0.15) is 0 Å². The molecule has 0 aliphatic carbocycles. The first-order valence-electron chi connectivity index (χ1n) is 8.62. The van der Waals surface area contributed by atoms with Gasteiger partial charge in [-0.25, -0.2) is 0 Å². The average Bonchev–Trinajstić information content (AvgIpc) is 2.34. The largest absolute Gasteiger partial charge is 0.396 e. The van der Waals surface area contributed by atoms with Gasteiger partial charge in [-0.3, -0.25) is 0 Å². The molecule has 0 amide bonds. The number of allylic oxidation sites excluding steroid dienone is 2. The van der Waals surface area contributed by atoms with Gasteiger partial charge >= 0.3 is 0 Å². The molecule has 0 aromatic carbocycles. The van der Waals surface area contributed by atoms with Gasteiger partial charge in [0.25, 0.3) is 0 Å². The first-order valence-corrected chi connectivity index (χ1v) is 8.62. The summed E-state index contributed by atoms with van der Waals surface area (Å²) < 4.78 is 0. The third-order valence-electron chi connectivity index (χ3n) is 4.80. The zero-order valence-electron chi connectivity index (χ0n) is 16.1. The zero-order chi connectivity index (χ0) is 16.9. The predicted octanol–water partition coefficient (Wildman–Crippen LogP) is 6.22. The van der Waals surface area contributed by atoms with Crippen molar-refractivity contribution in [1.29, 1.82) is 0 Å². The fourth-order valence-electron chi connectivity index (χ4n) is 3.42. The van der Waals surface area contributed by atoms with E-state index in [1.54, 1.807) is 0 Å². The number of aliphatic hydroxyl groups excluding tert-OH is 1. The molecule has 126 valence electrons. The molecule has 1 heteroatoms. The minimum absolute atomic E-state index is 0.0310. The van der Waals surface area contributed by atoms with Crippen molar-refractivity contribution in [1.82, 2.24) is 0 Å². The van der Waals surface area contributed by atoms with Gasteiger partial charge in [0.05, 0.1) is 0 Å². The molecule has 0 aliphatic rings. The molecule has 0 aromatic heterocycles. The molecule has 0 saturated carbocycles. The lowest BCUT2D eigenvalue weighted by Crippen LogP contribution is -2.29. The van der Waals surface area contributed by atoms with Gasteiger partial charge in [-0.05, 0) is 47.3 Å². The second-order valence-electron chi connectivity index (χ2n) is 9.57. The van der Waals surface area contributed by atoms with Crippen molar-refractivity contribution in [2.45, 2.75) is 88.0 Å². The van der Waals surface area contributed by atoms with Crippen LogP contribution < -0.4 is 0 Å². The van der Waals surface area contributed by atoms with Crippen LogP contribution in [0.4, 0.5) is 0 Å². The van der Waals surface area contributed by atoms with E-state index in [1.165, 1.54) is 6.42 Å². The Morgan fingerprint density at radius 2 is 1.29 bits per heavy atom. The Morgan fingerprint density at radius 3 is 1.62 bits per heavy atom. The van der Waals surface area contributed by atoms with Gasteiger partial charge in [0.2, 0.25) is 0 Å². The van der Waals surface area contributed by atoms with Crippen LogP contribution in [0.1, 0.15) is 88.0 Å². The van der Waals surface area contributed by atoms with Crippen molar-refractivity contribution >= 4 is 0 Å². The number of aliphatic hydroxyl groups is 1. The molecule has 0 aromatic rings. The summed E-state index contributed by atoms with van der Waals surface area (Å²) >= 11 is 0. The number of rotatable bonds is 8. The van der Waals surface area contributed by atoms with E-state index in [9.17, 15) is 5.11 Å². The van der Waals surface area contributed by atoms with Crippen LogP contribution in [-0.2, 0) is 0 Å². The average molecular weight is 297 g/mol. The van der Waals surface area contributed by atoms with Gasteiger partial charge in [-0.15, -0.1) is 0 Å². The third-order valence-corrected chi connectivity index (χ3v) is 4.80. The van der Waals surface area contributed by atoms with E-state index in [1.807, 2.05) is 0 Å². The van der Waals surface area contributed by atoms with Crippen molar-refractivity contribution in [3.05, 3.63) is 12.2 Å². The molecule has 0 aliphatic heterocycles. The maximum absolute atomic E-state index is 9.70. The van der Waals surface area contributed by atoms with Crippen molar-refractivity contribution in [3.63, 3.8) is 0 Å². The highest BCUT2D eigenvalue weighted by atomic mass is 16.3. The van der Waals surface area contributed by atoms with E-state index in [0.717, 1.165) is 19.3 Å². The maximum atomic E-state index is 9.70. The highest BCUT2D eigenvalue weighted by Gasteiger charge is 2.32. The molecular formula is C20H40O. The number of hydrogen-bond acceptors (Lipinski definition) is 1. The SMILES string of the molecule is CCC(C)(C=CC(C)(C)CC(C)(C)C)CC(C)(CC)CO. The quantitative estimate of drug-likeness (QED) is 0.527. The van der Waals surface area contributed by atoms with Crippen LogP contribution in [0, 0.1) is 21.7 Å². The summed E-state index contributed by atoms with van der Waals surface area (Å²) in [5, 5.41) is 9.70. The highest BCUT2D eigenvalue weighted by molar-refractivity contribution is 5.05. The lowest BCUT2D eigenvalue weighted by Gasteiger charge is -2.37. The molecule has 0 radical (unpaired) electrons. The molecule has 2 atom stereocenters. The summed E-state index contributed by atoms with van der Waals surface area (Å²) in [6.07, 6.45) is 9.20. The van der Waals surface area contributed by atoms with Crippen molar-refractivity contribution < 1.29 is 5.11 Å². The molecule has 0 rings (SSSR count). The summed E-state index contributed by atoms with van der Waals surface area (Å²) in [7, 11) is 0. The Hall–Kier alpha value is -0.300. The van der Waals surface area contributed by atoms with Crippen molar-refractivity contribution in [2.75, 3.05) is 6.61 Å². The van der Waals surface area contributed by atoms with Gasteiger partial charge < -0.3 is 5.11 Å². The van der Waals surface area contributed by atoms with Crippen LogP contribution >= 0.6 is 0 Å². The van der Waals surface area contributed by atoms with Crippen LogP contribution in [0.15, 0.2) is 12.2 Å². The van der Waals surface area contributed by atoms with Crippen LogP contribution in [0.2, 0.25) is 0 Å². The van der Waals surface area contributed by atoms with E-state index < -0.39 is 0 Å². The standard InChI is InChI=1S/C20H40O/c1-10-19(8,15-20(9,11-2)16-21)13-12-18(6,7)14-17(3,4)5/h12-13,21H,10-11,14-16H2,1-9H3. The Kier molecular flexibility index (Phi) is 7.20. The Balaban J connectivity index is 5.08. The third kappa shape index (κ3) is 8.04. The van der Waals surface area contributed by atoms with Gasteiger partial charge in [0.15, 0.2) is 0 Å². The fraction of sp³-hybridized carbons (Fsp3) is 0.900. The Bertz CT molecular complexity index is 328. The van der Waals surface area contributed by atoms with Crippen molar-refractivity contribution in [2.24, 2.45) is 21.7 Å². The number of hydrogen-bond donors (Lipinski definition) is 1. The monoisotopic (exact) mass is 296 g/mol. The van der Waals surface area contributed by atoms with Gasteiger partial charge in [0.1, 0.15) is 0 Å². The van der Waals surface area contributed by atoms with Crippen molar-refractivity contribution in [3.8, 4) is 0 Å². The summed E-state index contributed by atoms with van der Waals surface area (Å²) in [6, 6.07) is 0.